The SMILES string of the molecule is C.CC(C)C[C@H](Nc1nnc(NC(=O)c2ccc3cccnc3c2O)s1)C(=O)OC(C)(C)C. The summed E-state index contributed by atoms with van der Waals surface area (Å²) in [5.41, 5.74) is -0.189. The first kappa shape index (κ1) is 26.0. The van der Waals surface area contributed by atoms with Crippen LogP contribution in [-0.2, 0) is 9.53 Å². The molecule has 0 radical (unpaired) electrons. The maximum Gasteiger partial charge on any atom is 0.329 e. The minimum absolute atomic E-state index is 0. The van der Waals surface area contributed by atoms with Gasteiger partial charge in [0.05, 0.1) is 5.56 Å². The number of hydrogen-bond donors (Lipinski definition) is 3. The number of hydrogen-bond acceptors (Lipinski definition) is 9. The van der Waals surface area contributed by atoms with Crippen molar-refractivity contribution in [3.8, 4) is 5.75 Å². The Labute approximate surface area is 197 Å². The van der Waals surface area contributed by atoms with Crippen LogP contribution in [-0.4, -0.2) is 43.8 Å². The Balaban J connectivity index is 0.00000385. The van der Waals surface area contributed by atoms with Gasteiger partial charge in [0.2, 0.25) is 10.3 Å². The molecule has 9 nitrogen and oxygen atoms in total. The Hall–Kier alpha value is -3.27. The summed E-state index contributed by atoms with van der Waals surface area (Å²) in [7, 11) is 0. The molecule has 0 aliphatic rings. The maximum absolute atomic E-state index is 12.7. The summed E-state index contributed by atoms with van der Waals surface area (Å²) in [5, 5.41) is 25.4. The van der Waals surface area contributed by atoms with E-state index in [0.29, 0.717) is 17.1 Å². The highest BCUT2D eigenvalue weighted by Crippen LogP contribution is 2.29. The number of carbonyl (C=O) groups is 2. The van der Waals surface area contributed by atoms with Crippen molar-refractivity contribution in [3.63, 3.8) is 0 Å². The standard InChI is InChI=1S/C22H27N5O4S.CH4/c1-12(2)11-15(19(30)31-22(3,4)5)24-20-26-27-21(32-20)25-18(29)14-9-8-13-7-6-10-23-16(13)17(14)28;/h6-10,12,15,28H,11H2,1-5H3,(H,24,26)(H,25,27,29);1H4/t15-;/m0./s1. The van der Waals surface area contributed by atoms with Gasteiger partial charge in [0.15, 0.2) is 5.75 Å². The van der Waals surface area contributed by atoms with Crippen molar-refractivity contribution in [2.45, 2.75) is 60.1 Å². The molecule has 33 heavy (non-hydrogen) atoms. The summed E-state index contributed by atoms with van der Waals surface area (Å²) < 4.78 is 5.50. The van der Waals surface area contributed by atoms with Gasteiger partial charge in [-0.25, -0.2) is 4.79 Å². The molecule has 1 amide bonds. The van der Waals surface area contributed by atoms with Gasteiger partial charge in [-0.15, -0.1) is 10.2 Å². The number of aromatic nitrogens is 3. The number of carbonyl (C=O) groups excluding carboxylic acids is 2. The second kappa shape index (κ2) is 10.6. The molecular weight excluding hydrogens is 442 g/mol. The molecule has 1 aromatic carbocycles. The molecule has 0 unspecified atom stereocenters. The molecule has 0 fully saturated rings. The van der Waals surface area contributed by atoms with E-state index >= 15 is 0 Å². The van der Waals surface area contributed by atoms with Gasteiger partial charge in [-0.1, -0.05) is 44.7 Å². The monoisotopic (exact) mass is 473 g/mol. The number of benzene rings is 1. The van der Waals surface area contributed by atoms with Crippen LogP contribution < -0.4 is 10.6 Å². The van der Waals surface area contributed by atoms with Crippen molar-refractivity contribution in [2.75, 3.05) is 10.6 Å². The minimum atomic E-state index is -0.606. The van der Waals surface area contributed by atoms with Crippen LogP contribution >= 0.6 is 11.3 Å². The summed E-state index contributed by atoms with van der Waals surface area (Å²) in [6.07, 6.45) is 2.10. The van der Waals surface area contributed by atoms with E-state index in [1.807, 2.05) is 34.6 Å². The molecule has 0 bridgehead atoms. The first-order valence-electron chi connectivity index (χ1n) is 10.2. The fourth-order valence-corrected chi connectivity index (χ4v) is 3.71. The average Bonchev–Trinajstić information content (AvgIpc) is 3.13. The smallest absolute Gasteiger partial charge is 0.329 e. The second-order valence-electron chi connectivity index (χ2n) is 8.76. The van der Waals surface area contributed by atoms with E-state index in [1.54, 1.807) is 24.4 Å². The number of ether oxygens (including phenoxy) is 1. The van der Waals surface area contributed by atoms with E-state index in [9.17, 15) is 14.7 Å². The van der Waals surface area contributed by atoms with Crippen molar-refractivity contribution in [3.05, 3.63) is 36.0 Å². The third kappa shape index (κ3) is 6.85. The Morgan fingerprint density at radius 2 is 1.85 bits per heavy atom. The fourth-order valence-electron chi connectivity index (χ4n) is 3.02. The highest BCUT2D eigenvalue weighted by molar-refractivity contribution is 7.19. The molecule has 2 aromatic heterocycles. The summed E-state index contributed by atoms with van der Waals surface area (Å²) in [6, 6.07) is 6.19. The van der Waals surface area contributed by atoms with Crippen LogP contribution in [0.5, 0.6) is 5.75 Å². The molecule has 2 heterocycles. The van der Waals surface area contributed by atoms with E-state index < -0.39 is 17.6 Å². The molecule has 1 atom stereocenters. The van der Waals surface area contributed by atoms with Gasteiger partial charge in [0, 0.05) is 11.6 Å². The first-order valence-corrected chi connectivity index (χ1v) is 11.1. The largest absolute Gasteiger partial charge is 0.505 e. The summed E-state index contributed by atoms with van der Waals surface area (Å²) in [6.45, 7) is 9.46. The van der Waals surface area contributed by atoms with Gasteiger partial charge in [-0.2, -0.15) is 0 Å². The molecule has 0 saturated carbocycles. The van der Waals surface area contributed by atoms with Crippen molar-refractivity contribution in [1.29, 1.82) is 0 Å². The highest BCUT2D eigenvalue weighted by Gasteiger charge is 2.27. The van der Waals surface area contributed by atoms with Crippen LogP contribution in [0.3, 0.4) is 0 Å². The molecule has 3 N–H and O–H groups in total. The number of fused-ring (bicyclic) bond motifs is 1. The lowest BCUT2D eigenvalue weighted by Gasteiger charge is -2.25. The third-order valence-electron chi connectivity index (χ3n) is 4.33. The summed E-state index contributed by atoms with van der Waals surface area (Å²) in [4.78, 5) is 29.4. The number of phenolic OH excluding ortho intramolecular Hbond substituents is 1. The number of nitrogens with zero attached hydrogens (tertiary/aromatic N) is 3. The molecule has 0 aliphatic heterocycles. The van der Waals surface area contributed by atoms with Gasteiger partial charge >= 0.3 is 5.97 Å². The van der Waals surface area contributed by atoms with Crippen molar-refractivity contribution < 1.29 is 19.4 Å². The molecule has 3 rings (SSSR count). The number of amides is 1. The molecular formula is C23H31N5O4S. The van der Waals surface area contributed by atoms with E-state index in [-0.39, 0.29) is 35.8 Å². The lowest BCUT2D eigenvalue weighted by atomic mass is 10.0. The molecule has 3 aromatic rings. The van der Waals surface area contributed by atoms with E-state index in [4.69, 9.17) is 4.74 Å². The van der Waals surface area contributed by atoms with Crippen molar-refractivity contribution in [2.24, 2.45) is 5.92 Å². The Bertz CT molecular complexity index is 1120. The van der Waals surface area contributed by atoms with Gasteiger partial charge in [-0.3, -0.25) is 15.1 Å². The Morgan fingerprint density at radius 3 is 2.52 bits per heavy atom. The van der Waals surface area contributed by atoms with Crippen LogP contribution in [0.1, 0.15) is 58.8 Å². The van der Waals surface area contributed by atoms with Crippen LogP contribution in [0.2, 0.25) is 0 Å². The van der Waals surface area contributed by atoms with Crippen LogP contribution in [0, 0.1) is 5.92 Å². The quantitative estimate of drug-likeness (QED) is 0.416. The number of esters is 1. The minimum Gasteiger partial charge on any atom is -0.505 e. The molecule has 10 heteroatoms. The lowest BCUT2D eigenvalue weighted by Crippen LogP contribution is -2.37. The predicted octanol–water partition coefficient (Wildman–Crippen LogP) is 4.85. The van der Waals surface area contributed by atoms with Crippen LogP contribution in [0.25, 0.3) is 10.9 Å². The summed E-state index contributed by atoms with van der Waals surface area (Å²) in [5.74, 6) is -0.869. The zero-order valence-corrected chi connectivity index (χ0v) is 19.5. The number of pyridine rings is 1. The second-order valence-corrected chi connectivity index (χ2v) is 9.74. The number of phenols is 1. The Kier molecular flexibility index (Phi) is 8.32. The van der Waals surface area contributed by atoms with E-state index in [1.165, 1.54) is 6.07 Å². The lowest BCUT2D eigenvalue weighted by molar-refractivity contribution is -0.156. The average molecular weight is 474 g/mol. The Morgan fingerprint density at radius 1 is 1.15 bits per heavy atom. The zero-order valence-electron chi connectivity index (χ0n) is 18.7. The first-order chi connectivity index (χ1) is 15.0. The maximum atomic E-state index is 12.7. The molecule has 0 spiro atoms. The molecule has 178 valence electrons. The predicted molar refractivity (Wildman–Crippen MR) is 131 cm³/mol. The number of anilines is 2. The van der Waals surface area contributed by atoms with Gasteiger partial charge < -0.3 is 15.2 Å². The number of aromatic hydroxyl groups is 1. The zero-order chi connectivity index (χ0) is 23.5. The van der Waals surface area contributed by atoms with E-state index in [0.717, 1.165) is 16.7 Å². The molecule has 0 aliphatic carbocycles. The van der Waals surface area contributed by atoms with Gasteiger partial charge in [0.1, 0.15) is 17.2 Å². The number of rotatable bonds is 7. The van der Waals surface area contributed by atoms with Crippen LogP contribution in [0.15, 0.2) is 30.5 Å². The number of nitrogens with one attached hydrogen (secondary N) is 2. The van der Waals surface area contributed by atoms with Gasteiger partial charge in [0.25, 0.3) is 5.91 Å². The normalized spacial score (nSPS) is 12.2. The van der Waals surface area contributed by atoms with Crippen LogP contribution in [0.4, 0.5) is 10.3 Å². The topological polar surface area (TPSA) is 126 Å². The van der Waals surface area contributed by atoms with Crippen molar-refractivity contribution in [1.82, 2.24) is 15.2 Å². The fraction of sp³-hybridized carbons (Fsp3) is 0.435. The van der Waals surface area contributed by atoms with E-state index in [2.05, 4.69) is 25.8 Å². The highest BCUT2D eigenvalue weighted by atomic mass is 32.1. The van der Waals surface area contributed by atoms with Crippen molar-refractivity contribution >= 4 is 44.4 Å². The van der Waals surface area contributed by atoms with Gasteiger partial charge in [-0.05, 0) is 45.2 Å². The summed E-state index contributed by atoms with van der Waals surface area (Å²) >= 11 is 1.09. The third-order valence-corrected chi connectivity index (χ3v) is 5.10. The molecule has 0 saturated heterocycles.